The molecule has 0 bridgehead atoms. The highest BCUT2D eigenvalue weighted by atomic mass is 16.3. The number of nitrogens with zero attached hydrogens (tertiary/aromatic N) is 1. The number of aliphatic imine (C=N–C) groups is 1. The Hall–Kier alpha value is -1.84. The Morgan fingerprint density at radius 3 is 2.42 bits per heavy atom. The molecule has 1 amide bonds. The van der Waals surface area contributed by atoms with E-state index < -0.39 is 5.91 Å². The molecular formula is C8H7N2O2-. The van der Waals surface area contributed by atoms with Crippen molar-refractivity contribution in [2.24, 2.45) is 10.7 Å². The minimum atomic E-state index is -0.493. The maximum atomic E-state index is 10.6. The van der Waals surface area contributed by atoms with Gasteiger partial charge in [0.15, 0.2) is 0 Å². The average molecular weight is 163 g/mol. The van der Waals surface area contributed by atoms with Gasteiger partial charge in [0.2, 0.25) is 5.91 Å². The van der Waals surface area contributed by atoms with E-state index in [2.05, 4.69) is 4.99 Å². The van der Waals surface area contributed by atoms with Gasteiger partial charge in [-0.15, -0.1) is 0 Å². The van der Waals surface area contributed by atoms with Crippen LogP contribution >= 0.6 is 0 Å². The van der Waals surface area contributed by atoms with Crippen molar-refractivity contribution in [1.82, 2.24) is 0 Å². The van der Waals surface area contributed by atoms with E-state index in [1.54, 1.807) is 12.1 Å². The second-order valence-corrected chi connectivity index (χ2v) is 2.15. The van der Waals surface area contributed by atoms with Gasteiger partial charge in [0.1, 0.15) is 0 Å². The highest BCUT2D eigenvalue weighted by molar-refractivity contribution is 5.93. The number of benzene rings is 1. The molecule has 4 nitrogen and oxygen atoms in total. The van der Waals surface area contributed by atoms with E-state index in [1.165, 1.54) is 12.1 Å². The second-order valence-electron chi connectivity index (χ2n) is 2.15. The SMILES string of the molecule is NC(=O)c1ccc(N=C[O-])cc1. The molecule has 0 fully saturated rings. The van der Waals surface area contributed by atoms with Crippen molar-refractivity contribution in [2.45, 2.75) is 0 Å². The number of nitrogens with two attached hydrogens (primary N) is 1. The van der Waals surface area contributed by atoms with Crippen molar-refractivity contribution in [3.8, 4) is 0 Å². The normalized spacial score (nSPS) is 10.3. The van der Waals surface area contributed by atoms with Crippen LogP contribution in [0.1, 0.15) is 10.4 Å². The number of carbonyl (C=O) groups excluding carboxylic acids is 1. The van der Waals surface area contributed by atoms with Gasteiger partial charge in [-0.2, -0.15) is 0 Å². The lowest BCUT2D eigenvalue weighted by Gasteiger charge is -1.96. The highest BCUT2D eigenvalue weighted by Gasteiger charge is 1.97. The molecule has 2 N–H and O–H groups in total. The molecule has 12 heavy (non-hydrogen) atoms. The van der Waals surface area contributed by atoms with Gasteiger partial charge in [0.25, 0.3) is 0 Å². The second kappa shape index (κ2) is 3.52. The summed E-state index contributed by atoms with van der Waals surface area (Å²) in [5.41, 5.74) is 5.91. The first-order valence-corrected chi connectivity index (χ1v) is 3.28. The summed E-state index contributed by atoms with van der Waals surface area (Å²) >= 11 is 0. The van der Waals surface area contributed by atoms with E-state index in [4.69, 9.17) is 5.73 Å². The molecule has 62 valence electrons. The van der Waals surface area contributed by atoms with E-state index in [9.17, 15) is 9.90 Å². The van der Waals surface area contributed by atoms with E-state index in [1.807, 2.05) is 0 Å². The lowest BCUT2D eigenvalue weighted by atomic mass is 10.2. The van der Waals surface area contributed by atoms with Crippen LogP contribution in [0.25, 0.3) is 0 Å². The third kappa shape index (κ3) is 1.82. The molecule has 0 radical (unpaired) electrons. The summed E-state index contributed by atoms with van der Waals surface area (Å²) in [5.74, 6) is -0.493. The summed E-state index contributed by atoms with van der Waals surface area (Å²) in [4.78, 5) is 14.1. The van der Waals surface area contributed by atoms with E-state index in [0.717, 1.165) is 0 Å². The van der Waals surface area contributed by atoms with Gasteiger partial charge in [-0.1, -0.05) is 6.40 Å². The molecule has 1 aromatic rings. The molecular weight excluding hydrogens is 156 g/mol. The summed E-state index contributed by atoms with van der Waals surface area (Å²) in [5, 5.41) is 9.93. The van der Waals surface area contributed by atoms with Crippen molar-refractivity contribution >= 4 is 18.0 Å². The summed E-state index contributed by atoms with van der Waals surface area (Å²) < 4.78 is 0. The fourth-order valence-corrected chi connectivity index (χ4v) is 0.773. The van der Waals surface area contributed by atoms with Crippen LogP contribution in [-0.2, 0) is 0 Å². The van der Waals surface area contributed by atoms with Crippen molar-refractivity contribution in [3.63, 3.8) is 0 Å². The predicted octanol–water partition coefficient (Wildman–Crippen LogP) is -0.194. The van der Waals surface area contributed by atoms with E-state index in [-0.39, 0.29) is 0 Å². The van der Waals surface area contributed by atoms with Gasteiger partial charge in [0, 0.05) is 5.56 Å². The quantitative estimate of drug-likeness (QED) is 0.484. The van der Waals surface area contributed by atoms with Gasteiger partial charge in [-0.25, -0.2) is 0 Å². The Balaban J connectivity index is 2.93. The van der Waals surface area contributed by atoms with Crippen LogP contribution in [-0.4, -0.2) is 12.3 Å². The Bertz CT molecular complexity index is 303. The Morgan fingerprint density at radius 1 is 1.42 bits per heavy atom. The Kier molecular flexibility index (Phi) is 2.42. The molecule has 0 atom stereocenters. The first-order valence-electron chi connectivity index (χ1n) is 3.28. The largest absolute Gasteiger partial charge is 0.864 e. The minimum Gasteiger partial charge on any atom is -0.864 e. The first kappa shape index (κ1) is 8.26. The third-order valence-corrected chi connectivity index (χ3v) is 1.35. The minimum absolute atomic E-state index is 0.403. The molecule has 0 saturated heterocycles. The Morgan fingerprint density at radius 2 is 2.00 bits per heavy atom. The van der Waals surface area contributed by atoms with Gasteiger partial charge >= 0.3 is 0 Å². The lowest BCUT2D eigenvalue weighted by Crippen LogP contribution is -2.10. The smallest absolute Gasteiger partial charge is 0.248 e. The van der Waals surface area contributed by atoms with Crippen LogP contribution in [0.2, 0.25) is 0 Å². The monoisotopic (exact) mass is 163 g/mol. The zero-order valence-corrected chi connectivity index (χ0v) is 6.23. The van der Waals surface area contributed by atoms with Crippen LogP contribution in [0.5, 0.6) is 0 Å². The summed E-state index contributed by atoms with van der Waals surface area (Å²) in [6, 6.07) is 6.14. The van der Waals surface area contributed by atoms with Gasteiger partial charge in [-0.3, -0.25) is 9.79 Å². The standard InChI is InChI=1S/C8H8N2O2/c9-8(12)6-1-3-7(4-2-6)10-5-11/h1-5H,(H2,9,12)(H,10,11)/p-1. The molecule has 0 saturated carbocycles. The molecule has 0 aliphatic rings. The Labute approximate surface area is 69.4 Å². The lowest BCUT2D eigenvalue weighted by molar-refractivity contribution is -0.200. The molecule has 0 aromatic heterocycles. The number of amides is 1. The molecule has 0 heterocycles. The highest BCUT2D eigenvalue weighted by Crippen LogP contribution is 2.11. The molecule has 4 heteroatoms. The van der Waals surface area contributed by atoms with E-state index >= 15 is 0 Å². The molecule has 0 spiro atoms. The van der Waals surface area contributed by atoms with Crippen molar-refractivity contribution in [2.75, 3.05) is 0 Å². The molecule has 0 aliphatic heterocycles. The molecule has 1 rings (SSSR count). The summed E-state index contributed by atoms with van der Waals surface area (Å²) in [7, 11) is 0. The molecule has 1 aromatic carbocycles. The van der Waals surface area contributed by atoms with Crippen LogP contribution in [0, 0.1) is 0 Å². The zero-order chi connectivity index (χ0) is 8.97. The van der Waals surface area contributed by atoms with Crippen LogP contribution in [0.4, 0.5) is 5.69 Å². The molecule has 0 unspecified atom stereocenters. The van der Waals surface area contributed by atoms with Crippen molar-refractivity contribution < 1.29 is 9.90 Å². The maximum absolute atomic E-state index is 10.6. The number of hydrogen-bond acceptors (Lipinski definition) is 3. The summed E-state index contributed by atoms with van der Waals surface area (Å²) in [6.45, 7) is 0. The predicted molar refractivity (Wildman–Crippen MR) is 43.1 cm³/mol. The van der Waals surface area contributed by atoms with Gasteiger partial charge < -0.3 is 10.8 Å². The number of carbonyl (C=O) groups is 1. The van der Waals surface area contributed by atoms with Crippen molar-refractivity contribution in [3.05, 3.63) is 29.8 Å². The maximum Gasteiger partial charge on any atom is 0.248 e. The number of rotatable bonds is 2. The van der Waals surface area contributed by atoms with Gasteiger partial charge in [0.05, 0.1) is 5.69 Å². The fraction of sp³-hybridized carbons (Fsp3) is 0. The average Bonchev–Trinajstić information content (AvgIpc) is 2.06. The van der Waals surface area contributed by atoms with Gasteiger partial charge in [-0.05, 0) is 24.3 Å². The van der Waals surface area contributed by atoms with Crippen LogP contribution in [0.3, 0.4) is 0 Å². The fourth-order valence-electron chi connectivity index (χ4n) is 0.773. The first-order chi connectivity index (χ1) is 5.74. The van der Waals surface area contributed by atoms with Crippen LogP contribution < -0.4 is 10.8 Å². The van der Waals surface area contributed by atoms with E-state index in [0.29, 0.717) is 17.7 Å². The number of primary amides is 1. The number of hydrogen-bond donors (Lipinski definition) is 1. The summed E-state index contributed by atoms with van der Waals surface area (Å²) in [6.07, 6.45) is 0.444. The zero-order valence-electron chi connectivity index (χ0n) is 6.23. The third-order valence-electron chi connectivity index (χ3n) is 1.35. The molecule has 0 aliphatic carbocycles. The van der Waals surface area contributed by atoms with Crippen molar-refractivity contribution in [1.29, 1.82) is 0 Å². The topological polar surface area (TPSA) is 78.5 Å². The van der Waals surface area contributed by atoms with Crippen LogP contribution in [0.15, 0.2) is 29.3 Å².